The van der Waals surface area contributed by atoms with Gasteiger partial charge in [0.2, 0.25) is 5.91 Å². The Balaban J connectivity index is 0.00000576. The van der Waals surface area contributed by atoms with Gasteiger partial charge in [0.15, 0.2) is 5.96 Å². The molecule has 3 N–H and O–H groups in total. The van der Waals surface area contributed by atoms with E-state index in [1.165, 1.54) is 12.8 Å². The van der Waals surface area contributed by atoms with E-state index in [2.05, 4.69) is 36.0 Å². The molecule has 7 heteroatoms. The third kappa shape index (κ3) is 10.2. The van der Waals surface area contributed by atoms with E-state index in [1.807, 2.05) is 0 Å². The average Bonchev–Trinajstić information content (AvgIpc) is 2.58. The summed E-state index contributed by atoms with van der Waals surface area (Å²) < 4.78 is 0. The van der Waals surface area contributed by atoms with Crippen LogP contribution in [-0.2, 0) is 4.79 Å². The highest BCUT2D eigenvalue weighted by molar-refractivity contribution is 14.0. The quantitative estimate of drug-likeness (QED) is 0.224. The fourth-order valence-corrected chi connectivity index (χ4v) is 3.04. The average molecular weight is 467 g/mol. The fraction of sp³-hybridized carbons (Fsp3) is 0.889. The van der Waals surface area contributed by atoms with Crippen LogP contribution in [-0.4, -0.2) is 68.0 Å². The number of nitrogens with one attached hydrogen (secondary N) is 1. The standard InChI is InChI=1S/C18H37N5O.HI/c1-4-6-12-22(3)18(20-5-2)21-11-7-8-13-23-14-9-16(10-15-23)17(19)24;/h16H,4-15H2,1-3H3,(H2,19,24)(H,20,21);1H. The smallest absolute Gasteiger partial charge is 0.220 e. The van der Waals surface area contributed by atoms with E-state index in [0.717, 1.165) is 70.9 Å². The zero-order chi connectivity index (χ0) is 17.8. The van der Waals surface area contributed by atoms with Crippen molar-refractivity contribution in [2.24, 2.45) is 16.6 Å². The molecule has 0 aromatic rings. The van der Waals surface area contributed by atoms with Crippen LogP contribution < -0.4 is 11.1 Å². The number of unbranched alkanes of at least 4 members (excludes halogenated alkanes) is 2. The lowest BCUT2D eigenvalue weighted by Gasteiger charge is -2.30. The summed E-state index contributed by atoms with van der Waals surface area (Å²) in [7, 11) is 2.11. The van der Waals surface area contributed by atoms with Gasteiger partial charge in [0.25, 0.3) is 0 Å². The van der Waals surface area contributed by atoms with Crippen LogP contribution in [0, 0.1) is 5.92 Å². The van der Waals surface area contributed by atoms with Crippen LogP contribution in [0.2, 0.25) is 0 Å². The van der Waals surface area contributed by atoms with E-state index in [1.54, 1.807) is 0 Å². The van der Waals surface area contributed by atoms with Crippen LogP contribution >= 0.6 is 24.0 Å². The molecule has 0 aliphatic carbocycles. The first-order valence-electron chi connectivity index (χ1n) is 9.59. The van der Waals surface area contributed by atoms with Crippen molar-refractivity contribution < 1.29 is 4.79 Å². The van der Waals surface area contributed by atoms with Gasteiger partial charge in [-0.15, -0.1) is 24.0 Å². The lowest BCUT2D eigenvalue weighted by molar-refractivity contribution is -0.123. The van der Waals surface area contributed by atoms with Gasteiger partial charge in [-0.25, -0.2) is 0 Å². The van der Waals surface area contributed by atoms with Crippen molar-refractivity contribution in [1.82, 2.24) is 15.1 Å². The number of likely N-dealkylation sites (tertiary alicyclic amines) is 1. The number of rotatable bonds is 10. The molecule has 1 fully saturated rings. The number of carbonyl (C=O) groups excluding carboxylic acids is 1. The third-order valence-electron chi connectivity index (χ3n) is 4.68. The van der Waals surface area contributed by atoms with Gasteiger partial charge in [-0.3, -0.25) is 9.79 Å². The predicted molar refractivity (Wildman–Crippen MR) is 117 cm³/mol. The molecule has 0 unspecified atom stereocenters. The lowest BCUT2D eigenvalue weighted by atomic mass is 9.96. The van der Waals surface area contributed by atoms with Gasteiger partial charge in [0.05, 0.1) is 0 Å². The molecule has 0 saturated carbocycles. The van der Waals surface area contributed by atoms with Gasteiger partial charge in [-0.05, 0) is 58.7 Å². The van der Waals surface area contributed by atoms with Gasteiger partial charge in [0.1, 0.15) is 0 Å². The summed E-state index contributed by atoms with van der Waals surface area (Å²) in [6.45, 7) is 10.3. The van der Waals surface area contributed by atoms with Crippen LogP contribution in [0.25, 0.3) is 0 Å². The van der Waals surface area contributed by atoms with E-state index in [9.17, 15) is 4.79 Å². The molecule has 1 amide bonds. The first kappa shape index (κ1) is 24.4. The van der Waals surface area contributed by atoms with Gasteiger partial charge in [-0.1, -0.05) is 13.3 Å². The highest BCUT2D eigenvalue weighted by Crippen LogP contribution is 2.16. The number of halogens is 1. The first-order valence-corrected chi connectivity index (χ1v) is 9.59. The Labute approximate surface area is 171 Å². The van der Waals surface area contributed by atoms with Crippen LogP contribution in [0.4, 0.5) is 0 Å². The summed E-state index contributed by atoms with van der Waals surface area (Å²) in [5.41, 5.74) is 5.38. The molecule has 1 aliphatic heterocycles. The van der Waals surface area contributed by atoms with Gasteiger partial charge >= 0.3 is 0 Å². The van der Waals surface area contributed by atoms with Crippen molar-refractivity contribution in [1.29, 1.82) is 0 Å². The summed E-state index contributed by atoms with van der Waals surface area (Å²) in [5, 5.41) is 3.37. The molecule has 0 aromatic heterocycles. The summed E-state index contributed by atoms with van der Waals surface area (Å²) in [6, 6.07) is 0. The van der Waals surface area contributed by atoms with Crippen molar-refractivity contribution in [3.05, 3.63) is 0 Å². The Hall–Kier alpha value is -0.570. The van der Waals surface area contributed by atoms with Gasteiger partial charge < -0.3 is 20.9 Å². The van der Waals surface area contributed by atoms with Crippen molar-refractivity contribution in [2.75, 3.05) is 46.3 Å². The van der Waals surface area contributed by atoms with Gasteiger partial charge in [-0.2, -0.15) is 0 Å². The SMILES string of the molecule is CCCCN(C)C(=NCCCCN1CCC(C(N)=O)CC1)NCC.I. The molecule has 1 saturated heterocycles. The number of primary amides is 1. The molecular formula is C18H38IN5O. The second kappa shape index (κ2) is 14.6. The Morgan fingerprint density at radius 3 is 2.48 bits per heavy atom. The Bertz CT molecular complexity index is 384. The molecule has 0 spiro atoms. The van der Waals surface area contributed by atoms with Crippen molar-refractivity contribution in [2.45, 2.75) is 52.4 Å². The van der Waals surface area contributed by atoms with Crippen LogP contribution in [0.5, 0.6) is 0 Å². The molecule has 1 heterocycles. The number of amides is 1. The van der Waals surface area contributed by atoms with E-state index >= 15 is 0 Å². The summed E-state index contributed by atoms with van der Waals surface area (Å²) >= 11 is 0. The van der Waals surface area contributed by atoms with E-state index in [-0.39, 0.29) is 35.8 Å². The fourth-order valence-electron chi connectivity index (χ4n) is 3.04. The maximum atomic E-state index is 11.2. The summed E-state index contributed by atoms with van der Waals surface area (Å²) in [6.07, 6.45) is 6.49. The monoisotopic (exact) mass is 467 g/mol. The van der Waals surface area contributed by atoms with E-state index in [4.69, 9.17) is 10.7 Å². The van der Waals surface area contributed by atoms with Crippen molar-refractivity contribution >= 4 is 35.8 Å². The van der Waals surface area contributed by atoms with Crippen LogP contribution in [0.15, 0.2) is 4.99 Å². The number of nitrogens with two attached hydrogens (primary N) is 1. The molecule has 0 atom stereocenters. The zero-order valence-corrected chi connectivity index (χ0v) is 18.6. The Morgan fingerprint density at radius 1 is 1.24 bits per heavy atom. The Kier molecular flexibility index (Phi) is 14.3. The summed E-state index contributed by atoms with van der Waals surface area (Å²) in [4.78, 5) is 20.6. The number of piperidine rings is 1. The molecule has 6 nitrogen and oxygen atoms in total. The number of carbonyl (C=O) groups is 1. The lowest BCUT2D eigenvalue weighted by Crippen LogP contribution is -2.39. The highest BCUT2D eigenvalue weighted by Gasteiger charge is 2.22. The van der Waals surface area contributed by atoms with Crippen molar-refractivity contribution in [3.63, 3.8) is 0 Å². The van der Waals surface area contributed by atoms with Crippen molar-refractivity contribution in [3.8, 4) is 0 Å². The highest BCUT2D eigenvalue weighted by atomic mass is 127. The number of guanidine groups is 1. The molecule has 1 rings (SSSR count). The maximum Gasteiger partial charge on any atom is 0.220 e. The molecular weight excluding hydrogens is 429 g/mol. The molecule has 0 bridgehead atoms. The Morgan fingerprint density at radius 2 is 1.92 bits per heavy atom. The molecule has 148 valence electrons. The minimum Gasteiger partial charge on any atom is -0.369 e. The second-order valence-electron chi connectivity index (χ2n) is 6.74. The molecule has 0 radical (unpaired) electrons. The predicted octanol–water partition coefficient (Wildman–Crippen LogP) is 2.28. The zero-order valence-electron chi connectivity index (χ0n) is 16.3. The number of aliphatic imine (C=N–C) groups is 1. The maximum absolute atomic E-state index is 11.2. The van der Waals surface area contributed by atoms with E-state index in [0.29, 0.717) is 0 Å². The second-order valence-corrected chi connectivity index (χ2v) is 6.74. The van der Waals surface area contributed by atoms with E-state index < -0.39 is 0 Å². The van der Waals surface area contributed by atoms with Crippen LogP contribution in [0.3, 0.4) is 0 Å². The number of nitrogens with zero attached hydrogens (tertiary/aromatic N) is 3. The summed E-state index contributed by atoms with van der Waals surface area (Å²) in [5.74, 6) is 0.979. The third-order valence-corrected chi connectivity index (χ3v) is 4.68. The number of hydrogen-bond acceptors (Lipinski definition) is 3. The molecule has 25 heavy (non-hydrogen) atoms. The number of hydrogen-bond donors (Lipinski definition) is 2. The first-order chi connectivity index (χ1) is 11.6. The molecule has 0 aromatic carbocycles. The largest absolute Gasteiger partial charge is 0.369 e. The minimum absolute atomic E-state index is 0. The normalized spacial score (nSPS) is 16.4. The molecule has 1 aliphatic rings. The van der Waals surface area contributed by atoms with Crippen LogP contribution in [0.1, 0.15) is 52.4 Å². The minimum atomic E-state index is -0.132. The van der Waals surface area contributed by atoms with Gasteiger partial charge in [0, 0.05) is 32.6 Å². The topological polar surface area (TPSA) is 74.0 Å².